The van der Waals surface area contributed by atoms with E-state index in [-0.39, 0.29) is 16.8 Å². The Morgan fingerprint density at radius 1 is 1.23 bits per heavy atom. The second kappa shape index (κ2) is 10.7. The average Bonchev–Trinajstić information content (AvgIpc) is 3.11. The number of hydrogen-bond acceptors (Lipinski definition) is 5. The van der Waals surface area contributed by atoms with Crippen LogP contribution in [0.1, 0.15) is 44.9 Å². The predicted molar refractivity (Wildman–Crippen MR) is 126 cm³/mol. The Morgan fingerprint density at radius 3 is 2.65 bits per heavy atom. The van der Waals surface area contributed by atoms with E-state index in [4.69, 9.17) is 0 Å². The summed E-state index contributed by atoms with van der Waals surface area (Å²) in [6.07, 6.45) is 4.28. The van der Waals surface area contributed by atoms with Crippen molar-refractivity contribution in [2.75, 3.05) is 39.0 Å². The van der Waals surface area contributed by atoms with Crippen molar-refractivity contribution >= 4 is 9.84 Å². The number of sulfone groups is 1. The molecule has 1 fully saturated rings. The first-order valence-corrected chi connectivity index (χ1v) is 13.2. The monoisotopic (exact) mass is 446 g/mol. The molecule has 1 atom stereocenters. The molecule has 3 rings (SSSR count). The zero-order valence-electron chi connectivity index (χ0n) is 19.5. The van der Waals surface area contributed by atoms with Crippen molar-refractivity contribution in [3.63, 3.8) is 0 Å². The van der Waals surface area contributed by atoms with Gasteiger partial charge in [0.05, 0.1) is 24.2 Å². The van der Waals surface area contributed by atoms with Crippen molar-refractivity contribution in [1.82, 2.24) is 19.4 Å². The quantitative estimate of drug-likeness (QED) is 0.559. The van der Waals surface area contributed by atoms with Gasteiger partial charge >= 0.3 is 0 Å². The molecule has 2 heterocycles. The topological polar surface area (TPSA) is 58.4 Å². The van der Waals surface area contributed by atoms with Crippen LogP contribution in [0.25, 0.3) is 0 Å². The van der Waals surface area contributed by atoms with Crippen molar-refractivity contribution < 1.29 is 8.42 Å². The Bertz CT molecular complexity index is 924. The van der Waals surface area contributed by atoms with Crippen molar-refractivity contribution in [3.05, 3.63) is 47.8 Å². The summed E-state index contributed by atoms with van der Waals surface area (Å²) in [5.74, 6) is 0.836. The molecular weight excluding hydrogens is 408 g/mol. The van der Waals surface area contributed by atoms with Crippen LogP contribution >= 0.6 is 0 Å². The minimum absolute atomic E-state index is 0.0609. The Morgan fingerprint density at radius 2 is 1.97 bits per heavy atom. The molecule has 1 aromatic carbocycles. The number of hydrogen-bond donors (Lipinski definition) is 0. The molecule has 1 aromatic heterocycles. The van der Waals surface area contributed by atoms with Gasteiger partial charge in [-0.05, 0) is 50.4 Å². The number of likely N-dealkylation sites (tertiary alicyclic amines) is 1. The van der Waals surface area contributed by atoms with Gasteiger partial charge in [0.15, 0.2) is 0 Å². The fraction of sp³-hybridized carbons (Fsp3) is 0.625. The highest BCUT2D eigenvalue weighted by Crippen LogP contribution is 2.21. The van der Waals surface area contributed by atoms with Gasteiger partial charge < -0.3 is 14.4 Å². The minimum atomic E-state index is -3.44. The lowest BCUT2D eigenvalue weighted by Crippen LogP contribution is -2.39. The zero-order valence-corrected chi connectivity index (χ0v) is 20.3. The number of piperidine rings is 1. The number of imidazole rings is 1. The molecule has 1 aliphatic rings. The summed E-state index contributed by atoms with van der Waals surface area (Å²) in [6, 6.07) is 10.0. The van der Waals surface area contributed by atoms with E-state index >= 15 is 0 Å². The maximum absolute atomic E-state index is 13.0. The van der Waals surface area contributed by atoms with Crippen LogP contribution in [0.2, 0.25) is 0 Å². The van der Waals surface area contributed by atoms with E-state index in [2.05, 4.69) is 28.8 Å². The lowest BCUT2D eigenvalue weighted by Gasteiger charge is -2.34. The number of benzene rings is 1. The Kier molecular flexibility index (Phi) is 8.30. The number of nitrogens with zero attached hydrogens (tertiary/aromatic N) is 4. The molecule has 1 aliphatic heterocycles. The van der Waals surface area contributed by atoms with Gasteiger partial charge in [-0.1, -0.05) is 51.1 Å². The largest absolute Gasteiger partial charge is 0.313 e. The summed E-state index contributed by atoms with van der Waals surface area (Å²) in [7, 11) is -1.30. The first-order valence-electron chi connectivity index (χ1n) is 11.5. The van der Waals surface area contributed by atoms with Crippen molar-refractivity contribution in [1.29, 1.82) is 0 Å². The first kappa shape index (κ1) is 24.0. The van der Waals surface area contributed by atoms with Gasteiger partial charge in [-0.2, -0.15) is 0 Å². The first-order chi connectivity index (χ1) is 14.8. The molecule has 172 valence electrons. The Hall–Kier alpha value is -1.70. The molecule has 2 aromatic rings. The second-order valence-electron chi connectivity index (χ2n) is 9.38. The third-order valence-electron chi connectivity index (χ3n) is 5.97. The molecule has 7 heteroatoms. The van der Waals surface area contributed by atoms with Gasteiger partial charge in [-0.25, -0.2) is 13.4 Å². The van der Waals surface area contributed by atoms with E-state index in [9.17, 15) is 8.42 Å². The fourth-order valence-corrected chi connectivity index (χ4v) is 6.34. The van der Waals surface area contributed by atoms with Crippen LogP contribution in [0.5, 0.6) is 0 Å². The van der Waals surface area contributed by atoms with Crippen molar-refractivity contribution in [2.45, 2.75) is 51.9 Å². The van der Waals surface area contributed by atoms with Crippen molar-refractivity contribution in [2.24, 2.45) is 11.8 Å². The molecule has 31 heavy (non-hydrogen) atoms. The van der Waals surface area contributed by atoms with Crippen LogP contribution in [-0.4, -0.2) is 66.7 Å². The Balaban J connectivity index is 1.80. The molecule has 0 saturated carbocycles. The SMILES string of the molecule is CCN1CCC[C@@H](CN(C)Cc2cnc(S(=O)(=O)CC(C)C)n2Cc2ccccc2)C1. The van der Waals surface area contributed by atoms with Gasteiger partial charge in [-0.15, -0.1) is 0 Å². The highest BCUT2D eigenvalue weighted by Gasteiger charge is 2.26. The maximum Gasteiger partial charge on any atom is 0.228 e. The van der Waals surface area contributed by atoms with E-state index < -0.39 is 9.84 Å². The standard InChI is InChI=1S/C24H38N4O2S/c1-5-27-13-9-12-22(16-27)15-26(4)18-23-14-25-24(31(29,30)19-20(2)3)28(23)17-21-10-7-6-8-11-21/h6-8,10-11,14,20,22H,5,9,12-13,15-19H2,1-4H3/t22-/m0/s1. The highest BCUT2D eigenvalue weighted by atomic mass is 32.2. The summed E-state index contributed by atoms with van der Waals surface area (Å²) < 4.78 is 28.0. The van der Waals surface area contributed by atoms with E-state index in [1.807, 2.05) is 48.7 Å². The second-order valence-corrected chi connectivity index (χ2v) is 11.3. The van der Waals surface area contributed by atoms with Crippen LogP contribution in [0.3, 0.4) is 0 Å². The molecular formula is C24H38N4O2S. The molecule has 6 nitrogen and oxygen atoms in total. The number of rotatable bonds is 10. The van der Waals surface area contributed by atoms with Crippen molar-refractivity contribution in [3.8, 4) is 0 Å². The van der Waals surface area contributed by atoms with E-state index in [0.29, 0.717) is 19.0 Å². The fourth-order valence-electron chi connectivity index (χ4n) is 4.58. The van der Waals surface area contributed by atoms with Gasteiger partial charge in [0, 0.05) is 19.6 Å². The van der Waals surface area contributed by atoms with Crippen LogP contribution in [0.4, 0.5) is 0 Å². The van der Waals surface area contributed by atoms with E-state index in [1.54, 1.807) is 6.20 Å². The minimum Gasteiger partial charge on any atom is -0.313 e. The molecule has 0 bridgehead atoms. The molecule has 1 saturated heterocycles. The molecule has 0 radical (unpaired) electrons. The highest BCUT2D eigenvalue weighted by molar-refractivity contribution is 7.91. The normalized spacial score (nSPS) is 18.2. The third-order valence-corrected chi connectivity index (χ3v) is 7.96. The third kappa shape index (κ3) is 6.64. The van der Waals surface area contributed by atoms with Gasteiger partial charge in [0.1, 0.15) is 0 Å². The zero-order chi connectivity index (χ0) is 22.4. The van der Waals surface area contributed by atoms with Crippen LogP contribution < -0.4 is 0 Å². The summed E-state index contributed by atoms with van der Waals surface area (Å²) in [5.41, 5.74) is 2.04. The van der Waals surface area contributed by atoms with E-state index in [1.165, 1.54) is 19.4 Å². The maximum atomic E-state index is 13.0. The molecule has 0 spiro atoms. The van der Waals surface area contributed by atoms with Gasteiger partial charge in [-0.3, -0.25) is 0 Å². The molecule has 0 aliphatic carbocycles. The van der Waals surface area contributed by atoms with Gasteiger partial charge in [0.25, 0.3) is 0 Å². The lowest BCUT2D eigenvalue weighted by atomic mass is 9.97. The number of aromatic nitrogens is 2. The predicted octanol–water partition coefficient (Wildman–Crippen LogP) is 3.52. The molecule has 0 N–H and O–H groups in total. The van der Waals surface area contributed by atoms with Crippen LogP contribution in [0, 0.1) is 11.8 Å². The van der Waals surface area contributed by atoms with Gasteiger partial charge in [0.2, 0.25) is 15.0 Å². The molecule has 0 unspecified atom stereocenters. The lowest BCUT2D eigenvalue weighted by molar-refractivity contribution is 0.145. The Labute approximate surface area is 188 Å². The summed E-state index contributed by atoms with van der Waals surface area (Å²) in [4.78, 5) is 9.25. The van der Waals surface area contributed by atoms with Crippen LogP contribution in [-0.2, 0) is 22.9 Å². The summed E-state index contributed by atoms with van der Waals surface area (Å²) in [6.45, 7) is 11.8. The van der Waals surface area contributed by atoms with Crippen LogP contribution in [0.15, 0.2) is 41.7 Å². The smallest absolute Gasteiger partial charge is 0.228 e. The summed E-state index contributed by atoms with van der Waals surface area (Å²) >= 11 is 0. The average molecular weight is 447 g/mol. The summed E-state index contributed by atoms with van der Waals surface area (Å²) in [5, 5.41) is 0.197. The van der Waals surface area contributed by atoms with E-state index in [0.717, 1.165) is 30.9 Å². The molecule has 0 amide bonds.